The third-order valence-corrected chi connectivity index (χ3v) is 23.9. The summed E-state index contributed by atoms with van der Waals surface area (Å²) in [7, 11) is 1.30. The van der Waals surface area contributed by atoms with E-state index in [9.17, 15) is 72.9 Å². The van der Waals surface area contributed by atoms with Crippen molar-refractivity contribution in [1.29, 1.82) is 0 Å². The number of carbonyl (C=O) groups is 19. The predicted molar refractivity (Wildman–Crippen MR) is 493 cm³/mol. The Hall–Kier alpha value is -14.1. The van der Waals surface area contributed by atoms with Gasteiger partial charge >= 0.3 is 11.9 Å². The first kappa shape index (κ1) is 106. The summed E-state index contributed by atoms with van der Waals surface area (Å²) >= 11 is 0.668. The third-order valence-electron chi connectivity index (χ3n) is 22.9. The lowest BCUT2D eigenvalue weighted by molar-refractivity contribution is -0.148. The van der Waals surface area contributed by atoms with Crippen LogP contribution >= 0.6 is 11.8 Å². The molecule has 2 aromatic heterocycles. The summed E-state index contributed by atoms with van der Waals surface area (Å²) in [6.45, 7) is 14.5. The number of rotatable bonds is 24. The molecule has 2 aliphatic rings. The molecule has 2 fully saturated rings. The number of likely N-dealkylation sites (N-methyl/N-ethyl adjacent to an activating group) is 1. The minimum atomic E-state index is -2.11. The number of aliphatic hydroxyl groups is 1. The maximum Gasteiger partial charge on any atom is 0.335 e. The molecule has 17 amide bonds. The lowest BCUT2D eigenvalue weighted by Crippen LogP contribution is -2.62. The van der Waals surface area contributed by atoms with E-state index in [-0.39, 0.29) is 67.8 Å². The van der Waals surface area contributed by atoms with Gasteiger partial charge in [0.25, 0.3) is 0 Å². The molecular weight excluding hydrogens is 1770 g/mol. The number of carbonyl (C=O) groups excluding carboxylic acids is 17. The van der Waals surface area contributed by atoms with E-state index in [2.05, 4.69) is 84.1 Å². The average Bonchev–Trinajstić information content (AvgIpc) is 1.71. The summed E-state index contributed by atoms with van der Waals surface area (Å²) in [6, 6.07) is 3.70. The number of carboxylic acids is 2. The van der Waals surface area contributed by atoms with E-state index in [0.717, 1.165) is 16.0 Å². The maximum absolute atomic E-state index is 15.5. The Balaban J connectivity index is 1.20. The van der Waals surface area contributed by atoms with Gasteiger partial charge in [0.1, 0.15) is 90.6 Å². The van der Waals surface area contributed by atoms with Crippen LogP contribution in [-0.2, 0) is 112 Å². The van der Waals surface area contributed by atoms with Crippen LogP contribution in [0.1, 0.15) is 141 Å². The number of primary amides is 2. The number of aliphatic hydroxyl groups excluding tert-OH is 1. The van der Waals surface area contributed by atoms with Gasteiger partial charge in [-0.15, -0.1) is 11.8 Å². The molecule has 0 unspecified atom stereocenters. The second-order valence-electron chi connectivity index (χ2n) is 35.1. The molecule has 4 aromatic carbocycles. The van der Waals surface area contributed by atoms with Crippen LogP contribution < -0.4 is 80.6 Å². The first-order chi connectivity index (χ1) is 63.9. The molecule has 42 nitrogen and oxygen atoms in total. The van der Waals surface area contributed by atoms with Crippen molar-refractivity contribution in [3.8, 4) is 11.1 Å². The number of hydrogen-bond acceptors (Lipinski definition) is 22. The van der Waals surface area contributed by atoms with E-state index in [0.29, 0.717) is 33.8 Å². The van der Waals surface area contributed by atoms with Gasteiger partial charge in [-0.3, -0.25) is 86.3 Å². The van der Waals surface area contributed by atoms with Gasteiger partial charge in [0.05, 0.1) is 37.1 Å². The summed E-state index contributed by atoms with van der Waals surface area (Å²) in [6.07, 6.45) is 0.508. The number of thioether (sulfide) groups is 1. The number of fused-ring (bicyclic) bond motifs is 2. The van der Waals surface area contributed by atoms with Crippen molar-refractivity contribution in [2.24, 2.45) is 35.1 Å². The van der Waals surface area contributed by atoms with Crippen molar-refractivity contribution in [2.45, 2.75) is 224 Å². The zero-order chi connectivity index (χ0) is 99.4. The number of imidazole rings is 1. The highest BCUT2D eigenvalue weighted by molar-refractivity contribution is 8.00. The van der Waals surface area contributed by atoms with Crippen LogP contribution in [0.15, 0.2) is 122 Å². The summed E-state index contributed by atoms with van der Waals surface area (Å²) in [5.74, 6) is -24.1. The molecule has 2 aliphatic heterocycles. The lowest BCUT2D eigenvalue weighted by Gasteiger charge is -2.34. The molecule has 15 atom stereocenters. The Morgan fingerprint density at radius 3 is 1.51 bits per heavy atom. The third kappa shape index (κ3) is 31.2. The smallest absolute Gasteiger partial charge is 0.335 e. The van der Waals surface area contributed by atoms with Crippen molar-refractivity contribution in [3.63, 3.8) is 0 Å². The number of benzene rings is 4. The Morgan fingerprint density at radius 1 is 0.504 bits per heavy atom. The molecule has 8 rings (SSSR count). The van der Waals surface area contributed by atoms with Crippen LogP contribution in [-0.4, -0.2) is 275 Å². The van der Waals surface area contributed by atoms with Crippen LogP contribution in [0.5, 0.6) is 0 Å². The number of para-hydroxylation sites is 1. The van der Waals surface area contributed by atoms with E-state index in [1.54, 1.807) is 96.3 Å². The van der Waals surface area contributed by atoms with E-state index < -0.39 is 265 Å². The maximum atomic E-state index is 15.5. The molecule has 728 valence electrons. The Bertz CT molecular complexity index is 5250. The molecule has 0 radical (unpaired) electrons. The van der Waals surface area contributed by atoms with Gasteiger partial charge in [0.15, 0.2) is 0 Å². The average molecular weight is 1890 g/mol. The number of aromatic nitrogens is 3. The van der Waals surface area contributed by atoms with Gasteiger partial charge in [0.2, 0.25) is 100 Å². The molecule has 4 heterocycles. The molecule has 43 heteroatoms. The van der Waals surface area contributed by atoms with E-state index in [1.165, 1.54) is 76.4 Å². The normalized spacial score (nSPS) is 23.9. The quantitative estimate of drug-likeness (QED) is 0.0334. The van der Waals surface area contributed by atoms with Gasteiger partial charge in [0, 0.05) is 74.0 Å². The van der Waals surface area contributed by atoms with Crippen LogP contribution in [0.25, 0.3) is 22.0 Å². The molecule has 0 spiro atoms. The minimum absolute atomic E-state index is 0.0121. The molecular formula is C92H122N20O22S. The molecule has 2 saturated heterocycles. The van der Waals surface area contributed by atoms with E-state index in [4.69, 9.17) is 11.5 Å². The van der Waals surface area contributed by atoms with Crippen molar-refractivity contribution in [1.82, 2.24) is 93.9 Å². The number of H-pyrrole nitrogens is 2. The summed E-state index contributed by atoms with van der Waals surface area (Å²) < 4.78 is 0. The Kier molecular flexibility index (Phi) is 39.4. The summed E-state index contributed by atoms with van der Waals surface area (Å²) in [4.78, 5) is 284. The zero-order valence-corrected chi connectivity index (χ0v) is 77.7. The highest BCUT2D eigenvalue weighted by atomic mass is 32.2. The number of carboxylic acid groups (broad SMARTS) is 2. The van der Waals surface area contributed by atoms with Crippen LogP contribution in [0, 0.1) is 23.7 Å². The topological polar surface area (TPSA) is 644 Å². The predicted octanol–water partition coefficient (Wildman–Crippen LogP) is -1.33. The van der Waals surface area contributed by atoms with Crippen LogP contribution in [0.4, 0.5) is 0 Å². The van der Waals surface area contributed by atoms with E-state index >= 15 is 33.6 Å². The van der Waals surface area contributed by atoms with Gasteiger partial charge in [-0.2, -0.15) is 0 Å². The monoisotopic (exact) mass is 1890 g/mol. The second kappa shape index (κ2) is 50.1. The molecule has 22 N–H and O–H groups in total. The fraction of sp³-hybridized carbons (Fsp3) is 0.478. The van der Waals surface area contributed by atoms with Crippen LogP contribution in [0.2, 0.25) is 0 Å². The van der Waals surface area contributed by atoms with Crippen molar-refractivity contribution >= 4 is 135 Å². The Labute approximate surface area is 783 Å². The largest absolute Gasteiger partial charge is 0.481 e. The highest BCUT2D eigenvalue weighted by Crippen LogP contribution is 2.26. The van der Waals surface area contributed by atoms with Gasteiger partial charge in [-0.1, -0.05) is 140 Å². The number of aromatic carboxylic acids is 1. The molecule has 0 saturated carbocycles. The number of hydrogen-bond donors (Lipinski definition) is 20. The van der Waals surface area contributed by atoms with Crippen molar-refractivity contribution in [3.05, 3.63) is 150 Å². The molecule has 0 bridgehead atoms. The lowest BCUT2D eigenvalue weighted by atomic mass is 9.97. The van der Waals surface area contributed by atoms with Crippen LogP contribution in [0.3, 0.4) is 0 Å². The number of aliphatic carboxylic acids is 1. The standard InChI is InChI=1S/C92H122N20O22S/c1-46(2)32-61-78(119)103-64(35-52-23-27-55(28-24-52)54-18-13-12-14-19-54)85(126)110-76(49(7)8)91(132)111(11)51(10)90(131)112-31-17-22-71(112)88(129)106-67(38-72(93)114)82(123)101-62(33-47(3)4)84(125)109-75(48(5)6)89(130)107-69(42-113)86(127)108-70(87(128)98-50(9)77(94)118)43-135-44-73(115)99-66(37-58-41-95-45-97-58)81(122)102-63(34-53-25-29-56(30-26-53)92(133)134)79(120)105-68(39-74(116)117)83(124)104-65(80(121)100-61)36-57-40-96-60-21-16-15-20-59(57)60/h12-16,18-21,23-30,40-41,45-51,61-71,75-76,96,113H,17,22,31-39,42-44H2,1-11H3,(H2,93,114)(H2,94,118)(H,95,97)(H,98,128)(H,99,115)(H,100,121)(H,101,123)(H,102,122)(H,103,119)(H,104,124)(H,105,120)(H,106,129)(H,107,130)(H,108,127)(H,109,125)(H,110,126)(H,116,117)(H,133,134)/t50-,51-,61-,62-,63-,64-,65-,66-,67-,68-,69-,70-,71+,75-,76-/m0/s1. The molecule has 6 aromatic rings. The number of amides is 17. The van der Waals surface area contributed by atoms with Gasteiger partial charge in [-0.05, 0) is 109 Å². The molecule has 0 aliphatic carbocycles. The highest BCUT2D eigenvalue weighted by Gasteiger charge is 2.44. The van der Waals surface area contributed by atoms with Gasteiger partial charge in [-0.25, -0.2) is 9.78 Å². The molecule has 135 heavy (non-hydrogen) atoms. The number of nitrogens with one attached hydrogen (secondary N) is 15. The fourth-order valence-corrected chi connectivity index (χ4v) is 16.1. The zero-order valence-electron chi connectivity index (χ0n) is 76.9. The van der Waals surface area contributed by atoms with Crippen molar-refractivity contribution in [2.75, 3.05) is 31.7 Å². The minimum Gasteiger partial charge on any atom is -0.481 e. The number of aromatic amines is 2. The van der Waals surface area contributed by atoms with Gasteiger partial charge < -0.3 is 116 Å². The second-order valence-corrected chi connectivity index (χ2v) is 36.2. The fourth-order valence-electron chi connectivity index (χ4n) is 15.3. The number of nitrogens with zero attached hydrogens (tertiary/aromatic N) is 3. The first-order valence-corrected chi connectivity index (χ1v) is 45.5. The summed E-state index contributed by atoms with van der Waals surface area (Å²) in [5.41, 5.74) is 14.5. The van der Waals surface area contributed by atoms with Crippen molar-refractivity contribution < 1.29 is 106 Å². The summed E-state index contributed by atoms with van der Waals surface area (Å²) in [5, 5.41) is 64.8. The SMILES string of the molecule is CC(C)C[C@@H]1NC(=O)[C@H](Cc2c[nH]c3ccccc23)NC(=O)[C@H](CC(=O)O)NC(=O)[C@H](Cc2ccc(C(=O)O)cc2)NC(=O)[C@H](Cc2cnc[nH]2)NC(=O)CSC[C@@H](C(=O)N[C@@H](C)C(N)=O)NC(=O)[C@H](CO)NC(=O)[C@H](C(C)C)NC(=O)[C@H](CC(C)C)NC(=O)[C@H](CC(N)=O)NC(=O)[C@H]2CCCN2C(=O)[C@H](C)N(C)C(=O)[C@H](C(C)C)NC(=O)[C@H](Cc2ccc(-c3ccccc3)cc2)NC1=O. The van der Waals surface area contributed by atoms with E-state index in [1.807, 2.05) is 30.3 Å². The Morgan fingerprint density at radius 2 is 0.978 bits per heavy atom. The number of nitrogens with two attached hydrogens (primary N) is 2. The first-order valence-electron chi connectivity index (χ1n) is 44.4.